The molecular formula is C19H26N4O2. The van der Waals surface area contributed by atoms with E-state index in [1.54, 1.807) is 11.2 Å². The summed E-state index contributed by atoms with van der Waals surface area (Å²) in [6.45, 7) is 2.86. The third-order valence-electron chi connectivity index (χ3n) is 5.61. The molecule has 6 heteroatoms. The first-order chi connectivity index (χ1) is 12.1. The van der Waals surface area contributed by atoms with Crippen LogP contribution < -0.4 is 0 Å². The predicted molar refractivity (Wildman–Crippen MR) is 94.3 cm³/mol. The first-order valence-electron chi connectivity index (χ1n) is 9.20. The number of amides is 1. The Kier molecular flexibility index (Phi) is 4.37. The molecule has 4 rings (SSSR count). The number of rotatable bonds is 4. The van der Waals surface area contributed by atoms with Crippen molar-refractivity contribution in [1.29, 1.82) is 0 Å². The molecule has 134 valence electrons. The molecule has 1 unspecified atom stereocenters. The molecule has 0 N–H and O–H groups in total. The highest BCUT2D eigenvalue weighted by molar-refractivity contribution is 5.94. The van der Waals surface area contributed by atoms with Crippen LogP contribution in [0.2, 0.25) is 0 Å². The molecule has 1 fully saturated rings. The van der Waals surface area contributed by atoms with Crippen molar-refractivity contribution < 1.29 is 9.21 Å². The Morgan fingerprint density at radius 2 is 2.20 bits per heavy atom. The number of carbonyl (C=O) groups is 1. The van der Waals surface area contributed by atoms with Gasteiger partial charge in [-0.1, -0.05) is 0 Å². The minimum atomic E-state index is -0.0182. The van der Waals surface area contributed by atoms with E-state index >= 15 is 0 Å². The van der Waals surface area contributed by atoms with Crippen LogP contribution in [0.15, 0.2) is 22.8 Å². The van der Waals surface area contributed by atoms with Crippen molar-refractivity contribution in [3.8, 4) is 0 Å². The van der Waals surface area contributed by atoms with Gasteiger partial charge in [0.1, 0.15) is 5.76 Å². The van der Waals surface area contributed by atoms with Gasteiger partial charge in [-0.2, -0.15) is 5.10 Å². The van der Waals surface area contributed by atoms with Crippen LogP contribution in [0, 0.1) is 0 Å². The van der Waals surface area contributed by atoms with Crippen LogP contribution in [0.3, 0.4) is 0 Å². The van der Waals surface area contributed by atoms with E-state index in [0.717, 1.165) is 24.2 Å². The van der Waals surface area contributed by atoms with Crippen molar-refractivity contribution in [2.24, 2.45) is 7.05 Å². The van der Waals surface area contributed by atoms with Crippen molar-refractivity contribution >= 4 is 5.91 Å². The molecule has 3 heterocycles. The molecule has 2 aromatic heterocycles. The van der Waals surface area contributed by atoms with Gasteiger partial charge in [-0.25, -0.2) is 0 Å². The molecule has 2 aromatic rings. The molecule has 1 atom stereocenters. The summed E-state index contributed by atoms with van der Waals surface area (Å²) in [6, 6.07) is 4.29. The predicted octanol–water partition coefficient (Wildman–Crippen LogP) is 2.24. The van der Waals surface area contributed by atoms with E-state index in [2.05, 4.69) is 10.00 Å². The lowest BCUT2D eigenvalue weighted by Crippen LogP contribution is -2.38. The number of likely N-dealkylation sites (tertiary alicyclic amines) is 1. The molecule has 1 amide bonds. The normalized spacial score (nSPS) is 20.6. The van der Waals surface area contributed by atoms with Crippen molar-refractivity contribution in [3.63, 3.8) is 0 Å². The summed E-state index contributed by atoms with van der Waals surface area (Å²) in [6.07, 6.45) is 7.36. The van der Waals surface area contributed by atoms with E-state index in [9.17, 15) is 4.79 Å². The van der Waals surface area contributed by atoms with Crippen molar-refractivity contribution in [2.75, 3.05) is 20.1 Å². The second-order valence-electron chi connectivity index (χ2n) is 7.28. The van der Waals surface area contributed by atoms with Crippen molar-refractivity contribution in [1.82, 2.24) is 19.6 Å². The van der Waals surface area contributed by atoms with Gasteiger partial charge < -0.3 is 14.2 Å². The first kappa shape index (κ1) is 16.4. The number of hydrogen-bond donors (Lipinski definition) is 0. The average molecular weight is 342 g/mol. The summed E-state index contributed by atoms with van der Waals surface area (Å²) in [7, 11) is 3.77. The lowest BCUT2D eigenvalue weighted by Gasteiger charge is -2.31. The van der Waals surface area contributed by atoms with E-state index < -0.39 is 0 Å². The summed E-state index contributed by atoms with van der Waals surface area (Å²) in [5, 5.41) is 4.58. The molecule has 25 heavy (non-hydrogen) atoms. The Hall–Kier alpha value is -2.08. The van der Waals surface area contributed by atoms with Gasteiger partial charge in [0.15, 0.2) is 5.69 Å². The number of carbonyl (C=O) groups excluding carboxylic acids is 1. The Balaban J connectivity index is 1.55. The molecule has 0 radical (unpaired) electrons. The maximum Gasteiger partial charge on any atom is 0.274 e. The van der Waals surface area contributed by atoms with Crippen LogP contribution in [0.1, 0.15) is 46.8 Å². The Labute approximate surface area is 148 Å². The third kappa shape index (κ3) is 3.11. The quantitative estimate of drug-likeness (QED) is 0.855. The van der Waals surface area contributed by atoms with E-state index in [1.807, 2.05) is 30.9 Å². The Bertz CT molecular complexity index is 744. The lowest BCUT2D eigenvalue weighted by molar-refractivity contribution is 0.0767. The molecule has 0 bridgehead atoms. The fourth-order valence-corrected chi connectivity index (χ4v) is 4.25. The largest absolute Gasteiger partial charge is 0.467 e. The molecule has 2 aliphatic rings. The molecule has 0 aromatic carbocycles. The number of nitrogens with zero attached hydrogens (tertiary/aromatic N) is 4. The minimum Gasteiger partial charge on any atom is -0.467 e. The van der Waals surface area contributed by atoms with E-state index in [0.29, 0.717) is 18.3 Å². The fourth-order valence-electron chi connectivity index (χ4n) is 4.25. The van der Waals surface area contributed by atoms with Crippen LogP contribution in [-0.2, 0) is 26.4 Å². The van der Waals surface area contributed by atoms with Crippen molar-refractivity contribution in [2.45, 2.75) is 44.7 Å². The van der Waals surface area contributed by atoms with Gasteiger partial charge in [0.25, 0.3) is 5.91 Å². The summed E-state index contributed by atoms with van der Waals surface area (Å²) < 4.78 is 7.27. The van der Waals surface area contributed by atoms with Gasteiger partial charge in [0, 0.05) is 31.4 Å². The highest BCUT2D eigenvalue weighted by Gasteiger charge is 2.32. The van der Waals surface area contributed by atoms with Gasteiger partial charge >= 0.3 is 0 Å². The van der Waals surface area contributed by atoms with Crippen LogP contribution in [0.4, 0.5) is 0 Å². The topological polar surface area (TPSA) is 54.5 Å². The van der Waals surface area contributed by atoms with Crippen LogP contribution in [0.25, 0.3) is 0 Å². The van der Waals surface area contributed by atoms with E-state index in [-0.39, 0.29) is 5.91 Å². The standard InChI is InChI=1S/C19H26N4O2/c1-21(13-15-6-5-11-25-15)19(24)18-16-12-14(23-9-3-4-10-23)7-8-17(16)22(2)20-18/h5-6,11,14H,3-4,7-10,12-13H2,1-2H3. The Morgan fingerprint density at radius 1 is 1.40 bits per heavy atom. The number of aromatic nitrogens is 2. The number of hydrogen-bond acceptors (Lipinski definition) is 4. The van der Waals surface area contributed by atoms with Crippen LogP contribution >= 0.6 is 0 Å². The van der Waals surface area contributed by atoms with Gasteiger partial charge in [-0.05, 0) is 57.3 Å². The highest BCUT2D eigenvalue weighted by Crippen LogP contribution is 2.29. The average Bonchev–Trinajstić information content (AvgIpc) is 3.35. The monoisotopic (exact) mass is 342 g/mol. The molecule has 1 aliphatic heterocycles. The van der Waals surface area contributed by atoms with Crippen LogP contribution in [0.5, 0.6) is 0 Å². The minimum absolute atomic E-state index is 0.0182. The molecule has 0 saturated carbocycles. The number of aryl methyl sites for hydroxylation is 1. The highest BCUT2D eigenvalue weighted by atomic mass is 16.3. The summed E-state index contributed by atoms with van der Waals surface area (Å²) >= 11 is 0. The zero-order valence-corrected chi connectivity index (χ0v) is 15.1. The van der Waals surface area contributed by atoms with Gasteiger partial charge in [0.2, 0.25) is 0 Å². The summed E-state index contributed by atoms with van der Waals surface area (Å²) in [5.74, 6) is 0.769. The zero-order chi connectivity index (χ0) is 17.4. The van der Waals surface area contributed by atoms with Gasteiger partial charge in [-0.3, -0.25) is 9.48 Å². The molecule has 1 saturated heterocycles. The molecule has 0 spiro atoms. The van der Waals surface area contributed by atoms with Gasteiger partial charge in [0.05, 0.1) is 12.8 Å². The second-order valence-corrected chi connectivity index (χ2v) is 7.28. The number of furan rings is 1. The van der Waals surface area contributed by atoms with Crippen LogP contribution in [-0.4, -0.2) is 51.7 Å². The molecule has 6 nitrogen and oxygen atoms in total. The lowest BCUT2D eigenvalue weighted by atomic mass is 9.90. The fraction of sp³-hybridized carbons (Fsp3) is 0.579. The maximum atomic E-state index is 13.0. The molecule has 1 aliphatic carbocycles. The summed E-state index contributed by atoms with van der Waals surface area (Å²) in [4.78, 5) is 17.3. The Morgan fingerprint density at radius 3 is 2.92 bits per heavy atom. The summed E-state index contributed by atoms with van der Waals surface area (Å²) in [5.41, 5.74) is 3.00. The van der Waals surface area contributed by atoms with E-state index in [1.165, 1.54) is 38.0 Å². The molecular weight excluding hydrogens is 316 g/mol. The zero-order valence-electron chi connectivity index (χ0n) is 15.1. The van der Waals surface area contributed by atoms with Crippen molar-refractivity contribution in [3.05, 3.63) is 41.1 Å². The van der Waals surface area contributed by atoms with E-state index in [4.69, 9.17) is 4.42 Å². The second kappa shape index (κ2) is 6.67. The maximum absolute atomic E-state index is 13.0. The SMILES string of the molecule is CN(Cc1ccco1)C(=O)c1nn(C)c2c1CC(N1CCCC1)CC2. The smallest absolute Gasteiger partial charge is 0.274 e. The van der Waals surface area contributed by atoms with Gasteiger partial charge in [-0.15, -0.1) is 0 Å². The first-order valence-corrected chi connectivity index (χ1v) is 9.20. The number of fused-ring (bicyclic) bond motifs is 1. The third-order valence-corrected chi connectivity index (χ3v) is 5.61.